The van der Waals surface area contributed by atoms with Crippen LogP contribution in [0.2, 0.25) is 0 Å². The smallest absolute Gasteiger partial charge is 0.252 e. The van der Waals surface area contributed by atoms with Gasteiger partial charge in [0.25, 0.3) is 5.91 Å². The van der Waals surface area contributed by atoms with Crippen LogP contribution in [0, 0.1) is 12.8 Å². The van der Waals surface area contributed by atoms with Crippen LogP contribution in [0.3, 0.4) is 0 Å². The van der Waals surface area contributed by atoms with Gasteiger partial charge in [-0.2, -0.15) is 0 Å². The molecule has 0 unspecified atom stereocenters. The summed E-state index contributed by atoms with van der Waals surface area (Å²) < 4.78 is 0. The van der Waals surface area contributed by atoms with E-state index in [-0.39, 0.29) is 5.91 Å². The van der Waals surface area contributed by atoms with E-state index in [9.17, 15) is 4.79 Å². The van der Waals surface area contributed by atoms with Crippen LogP contribution < -0.4 is 5.32 Å². The SMILES string of the molecule is Cc1cc(C(=O)NC2CCC(C)CC2)c2ccccc2n1. The standard InChI is InChI=1S/C18H22N2O/c1-12-7-9-14(10-8-12)20-18(21)16-11-13(2)19-17-6-4-3-5-15(16)17/h3-6,11-12,14H,7-10H2,1-2H3,(H,20,21). The molecular weight excluding hydrogens is 260 g/mol. The zero-order valence-corrected chi connectivity index (χ0v) is 12.7. The molecule has 3 nitrogen and oxygen atoms in total. The summed E-state index contributed by atoms with van der Waals surface area (Å²) in [6.45, 7) is 4.23. The number of aromatic nitrogens is 1. The summed E-state index contributed by atoms with van der Waals surface area (Å²) in [5, 5.41) is 4.14. The Kier molecular flexibility index (Phi) is 3.91. The Bertz CT molecular complexity index is 657. The summed E-state index contributed by atoms with van der Waals surface area (Å²) in [6, 6.07) is 10.1. The summed E-state index contributed by atoms with van der Waals surface area (Å²) in [5.74, 6) is 0.832. The van der Waals surface area contributed by atoms with Crippen molar-refractivity contribution >= 4 is 16.8 Å². The molecule has 1 saturated carbocycles. The van der Waals surface area contributed by atoms with Crippen molar-refractivity contribution in [3.8, 4) is 0 Å². The first kappa shape index (κ1) is 14.1. The highest BCUT2D eigenvalue weighted by Crippen LogP contribution is 2.24. The number of rotatable bonds is 2. The van der Waals surface area contributed by atoms with Crippen LogP contribution in [0.25, 0.3) is 10.9 Å². The van der Waals surface area contributed by atoms with Crippen LogP contribution in [-0.2, 0) is 0 Å². The molecule has 3 heteroatoms. The number of carbonyl (C=O) groups is 1. The molecule has 1 aliphatic rings. The maximum atomic E-state index is 12.6. The quantitative estimate of drug-likeness (QED) is 0.909. The fourth-order valence-corrected chi connectivity index (χ4v) is 3.16. The third-order valence-electron chi connectivity index (χ3n) is 4.44. The lowest BCUT2D eigenvalue weighted by Gasteiger charge is -2.27. The molecule has 0 bridgehead atoms. The highest BCUT2D eigenvalue weighted by atomic mass is 16.1. The largest absolute Gasteiger partial charge is 0.349 e. The molecule has 1 aromatic heterocycles. The van der Waals surface area contributed by atoms with Gasteiger partial charge in [0.1, 0.15) is 0 Å². The fourth-order valence-electron chi connectivity index (χ4n) is 3.16. The maximum Gasteiger partial charge on any atom is 0.252 e. The van der Waals surface area contributed by atoms with Crippen LogP contribution in [0.5, 0.6) is 0 Å². The van der Waals surface area contributed by atoms with Gasteiger partial charge in [-0.3, -0.25) is 9.78 Å². The topological polar surface area (TPSA) is 42.0 Å². The molecule has 21 heavy (non-hydrogen) atoms. The van der Waals surface area contributed by atoms with E-state index in [0.29, 0.717) is 6.04 Å². The molecule has 1 N–H and O–H groups in total. The van der Waals surface area contributed by atoms with E-state index in [1.54, 1.807) is 0 Å². The van der Waals surface area contributed by atoms with Crippen LogP contribution in [0.1, 0.15) is 48.7 Å². The van der Waals surface area contributed by atoms with Gasteiger partial charge in [-0.05, 0) is 50.7 Å². The summed E-state index contributed by atoms with van der Waals surface area (Å²) >= 11 is 0. The number of carbonyl (C=O) groups excluding carboxylic acids is 1. The number of benzene rings is 1. The monoisotopic (exact) mass is 282 g/mol. The van der Waals surface area contributed by atoms with Crippen molar-refractivity contribution in [3.63, 3.8) is 0 Å². The van der Waals surface area contributed by atoms with Crippen molar-refractivity contribution in [3.05, 3.63) is 41.6 Å². The number of hydrogen-bond acceptors (Lipinski definition) is 2. The van der Waals surface area contributed by atoms with Gasteiger partial charge in [-0.1, -0.05) is 25.1 Å². The predicted octanol–water partition coefficient (Wildman–Crippen LogP) is 3.85. The van der Waals surface area contributed by atoms with Gasteiger partial charge < -0.3 is 5.32 Å². The molecule has 110 valence electrons. The first-order valence-electron chi connectivity index (χ1n) is 7.81. The number of nitrogens with one attached hydrogen (secondary N) is 1. The number of nitrogens with zero attached hydrogens (tertiary/aromatic N) is 1. The first-order chi connectivity index (χ1) is 10.1. The molecule has 0 atom stereocenters. The molecule has 0 spiro atoms. The third kappa shape index (κ3) is 3.07. The van der Waals surface area contributed by atoms with E-state index in [0.717, 1.165) is 40.9 Å². The average molecular weight is 282 g/mol. The summed E-state index contributed by atoms with van der Waals surface area (Å²) in [7, 11) is 0. The predicted molar refractivity (Wildman–Crippen MR) is 85.4 cm³/mol. The van der Waals surface area contributed by atoms with Crippen molar-refractivity contribution < 1.29 is 4.79 Å². The average Bonchev–Trinajstić information content (AvgIpc) is 2.48. The number of fused-ring (bicyclic) bond motifs is 1. The van der Waals surface area contributed by atoms with Gasteiger partial charge in [0.2, 0.25) is 0 Å². The molecule has 2 aromatic rings. The Balaban J connectivity index is 1.84. The van der Waals surface area contributed by atoms with Gasteiger partial charge in [-0.15, -0.1) is 0 Å². The minimum absolute atomic E-state index is 0.0382. The third-order valence-corrected chi connectivity index (χ3v) is 4.44. The van der Waals surface area contributed by atoms with E-state index in [4.69, 9.17) is 0 Å². The van der Waals surface area contributed by atoms with Gasteiger partial charge >= 0.3 is 0 Å². The molecule has 1 aliphatic carbocycles. The van der Waals surface area contributed by atoms with Crippen molar-refractivity contribution in [2.75, 3.05) is 0 Å². The normalized spacial score (nSPS) is 22.2. The molecule has 0 saturated heterocycles. The first-order valence-corrected chi connectivity index (χ1v) is 7.81. The van der Waals surface area contributed by atoms with Gasteiger partial charge in [0, 0.05) is 17.1 Å². The van der Waals surface area contributed by atoms with E-state index >= 15 is 0 Å². The molecule has 3 rings (SSSR count). The van der Waals surface area contributed by atoms with E-state index in [1.807, 2.05) is 37.3 Å². The van der Waals surface area contributed by atoms with Crippen molar-refractivity contribution in [1.29, 1.82) is 0 Å². The van der Waals surface area contributed by atoms with Crippen LogP contribution in [0.15, 0.2) is 30.3 Å². The van der Waals surface area contributed by atoms with Crippen LogP contribution >= 0.6 is 0 Å². The molecule has 0 radical (unpaired) electrons. The fraction of sp³-hybridized carbons (Fsp3) is 0.444. The van der Waals surface area contributed by atoms with Gasteiger partial charge in [0.05, 0.1) is 11.1 Å². The zero-order valence-electron chi connectivity index (χ0n) is 12.7. The maximum absolute atomic E-state index is 12.6. The molecular formula is C18H22N2O. The van der Waals surface area contributed by atoms with E-state index in [2.05, 4.69) is 17.2 Å². The Morgan fingerprint density at radius 1 is 1.19 bits per heavy atom. The molecule has 1 fully saturated rings. The van der Waals surface area contributed by atoms with Crippen LogP contribution in [0.4, 0.5) is 0 Å². The van der Waals surface area contributed by atoms with E-state index in [1.165, 1.54) is 12.8 Å². The number of aryl methyl sites for hydroxylation is 1. The lowest BCUT2D eigenvalue weighted by Crippen LogP contribution is -2.37. The number of pyridine rings is 1. The molecule has 1 heterocycles. The lowest BCUT2D eigenvalue weighted by molar-refractivity contribution is 0.0924. The minimum atomic E-state index is 0.0382. The Hall–Kier alpha value is -1.90. The lowest BCUT2D eigenvalue weighted by atomic mass is 9.87. The van der Waals surface area contributed by atoms with Crippen molar-refractivity contribution in [2.45, 2.75) is 45.6 Å². The van der Waals surface area contributed by atoms with E-state index < -0.39 is 0 Å². The highest BCUT2D eigenvalue weighted by molar-refractivity contribution is 6.06. The zero-order chi connectivity index (χ0) is 14.8. The Labute approximate surface area is 125 Å². The highest BCUT2D eigenvalue weighted by Gasteiger charge is 2.21. The van der Waals surface area contributed by atoms with Crippen LogP contribution in [-0.4, -0.2) is 16.9 Å². The number of amides is 1. The molecule has 1 aromatic carbocycles. The van der Waals surface area contributed by atoms with Crippen molar-refractivity contribution in [1.82, 2.24) is 10.3 Å². The van der Waals surface area contributed by atoms with Crippen molar-refractivity contribution in [2.24, 2.45) is 5.92 Å². The van der Waals surface area contributed by atoms with Gasteiger partial charge in [-0.25, -0.2) is 0 Å². The Morgan fingerprint density at radius 3 is 2.67 bits per heavy atom. The number of hydrogen-bond donors (Lipinski definition) is 1. The summed E-state index contributed by atoms with van der Waals surface area (Å²) in [4.78, 5) is 17.1. The Morgan fingerprint density at radius 2 is 1.90 bits per heavy atom. The van der Waals surface area contributed by atoms with Gasteiger partial charge in [0.15, 0.2) is 0 Å². The molecule has 0 aliphatic heterocycles. The second-order valence-corrected chi connectivity index (χ2v) is 6.26. The summed E-state index contributed by atoms with van der Waals surface area (Å²) in [6.07, 6.45) is 4.60. The molecule has 1 amide bonds. The summed E-state index contributed by atoms with van der Waals surface area (Å²) in [5.41, 5.74) is 2.52. The number of para-hydroxylation sites is 1. The second-order valence-electron chi connectivity index (χ2n) is 6.26. The second kappa shape index (κ2) is 5.84. The minimum Gasteiger partial charge on any atom is -0.349 e.